The van der Waals surface area contributed by atoms with Gasteiger partial charge in [0.15, 0.2) is 0 Å². The molecule has 0 aliphatic carbocycles. The number of nitrogens with one attached hydrogen (secondary N) is 1. The van der Waals surface area contributed by atoms with Crippen LogP contribution >= 0.6 is 0 Å². The summed E-state index contributed by atoms with van der Waals surface area (Å²) in [5.41, 5.74) is 6.74. The van der Waals surface area contributed by atoms with Crippen LogP contribution in [0.15, 0.2) is 47.6 Å². The number of anilines is 1. The van der Waals surface area contributed by atoms with Crippen molar-refractivity contribution in [2.45, 2.75) is 52.0 Å². The van der Waals surface area contributed by atoms with Crippen LogP contribution in [-0.4, -0.2) is 29.3 Å². The first kappa shape index (κ1) is 19.9. The second-order valence-corrected chi connectivity index (χ2v) is 8.13. The number of hydrazone groups is 1. The molecular formula is C23H29N3O2. The van der Waals surface area contributed by atoms with Crippen LogP contribution in [0.3, 0.4) is 0 Å². The average molecular weight is 380 g/mol. The van der Waals surface area contributed by atoms with Gasteiger partial charge in [0.05, 0.1) is 6.21 Å². The summed E-state index contributed by atoms with van der Waals surface area (Å²) in [6.07, 6.45) is 3.90. The molecule has 0 radical (unpaired) electrons. The predicted octanol–water partition coefficient (Wildman–Crippen LogP) is 4.66. The molecule has 0 saturated carbocycles. The summed E-state index contributed by atoms with van der Waals surface area (Å²) in [6.45, 7) is 10.2. The Hall–Kier alpha value is -2.82. The van der Waals surface area contributed by atoms with Gasteiger partial charge in [-0.3, -0.25) is 4.79 Å². The van der Waals surface area contributed by atoms with Crippen molar-refractivity contribution >= 4 is 17.8 Å². The van der Waals surface area contributed by atoms with E-state index in [2.05, 4.69) is 55.3 Å². The maximum atomic E-state index is 12.1. The third kappa shape index (κ3) is 4.19. The second kappa shape index (κ2) is 8.05. The molecule has 28 heavy (non-hydrogen) atoms. The van der Waals surface area contributed by atoms with E-state index in [4.69, 9.17) is 0 Å². The van der Waals surface area contributed by atoms with Gasteiger partial charge in [-0.25, -0.2) is 5.43 Å². The molecule has 2 aromatic rings. The summed E-state index contributed by atoms with van der Waals surface area (Å²) in [4.78, 5) is 14.6. The Bertz CT molecular complexity index is 872. The van der Waals surface area contributed by atoms with E-state index in [0.717, 1.165) is 24.9 Å². The standard InChI is InChI=1S/C23H29N3O2/c1-5-12-26-21-11-6-17(13-20(21)16(2)14-23(26,3)4)15-24-25-22(28)18-7-9-19(27)10-8-18/h6-11,13,15-16,27H,5,12,14H2,1-4H3,(H,25,28)/b24-15-. The van der Waals surface area contributed by atoms with Gasteiger partial charge in [-0.05, 0) is 80.1 Å². The highest BCUT2D eigenvalue weighted by atomic mass is 16.3. The van der Waals surface area contributed by atoms with E-state index in [1.165, 1.54) is 23.4 Å². The molecule has 2 aromatic carbocycles. The number of aromatic hydroxyl groups is 1. The highest BCUT2D eigenvalue weighted by Crippen LogP contribution is 2.43. The summed E-state index contributed by atoms with van der Waals surface area (Å²) in [5, 5.41) is 13.4. The fraction of sp³-hybridized carbons (Fsp3) is 0.391. The molecule has 0 bridgehead atoms. The van der Waals surface area contributed by atoms with Crippen LogP contribution in [-0.2, 0) is 0 Å². The number of amides is 1. The topological polar surface area (TPSA) is 64.9 Å². The van der Waals surface area contributed by atoms with Gasteiger partial charge in [0.1, 0.15) is 5.75 Å². The Labute approximate surface area is 167 Å². The Kier molecular flexibility index (Phi) is 5.73. The molecule has 1 amide bonds. The molecule has 0 aromatic heterocycles. The number of phenols is 1. The minimum atomic E-state index is -0.307. The van der Waals surface area contributed by atoms with E-state index in [-0.39, 0.29) is 17.2 Å². The van der Waals surface area contributed by atoms with Crippen molar-refractivity contribution in [2.75, 3.05) is 11.4 Å². The molecule has 1 atom stereocenters. The number of carbonyl (C=O) groups is 1. The zero-order chi connectivity index (χ0) is 20.3. The minimum Gasteiger partial charge on any atom is -0.508 e. The van der Waals surface area contributed by atoms with Gasteiger partial charge in [0, 0.05) is 23.3 Å². The maximum absolute atomic E-state index is 12.1. The van der Waals surface area contributed by atoms with E-state index < -0.39 is 0 Å². The molecule has 1 unspecified atom stereocenters. The third-order valence-electron chi connectivity index (χ3n) is 5.37. The van der Waals surface area contributed by atoms with Crippen molar-refractivity contribution in [1.82, 2.24) is 5.43 Å². The molecular weight excluding hydrogens is 350 g/mol. The number of benzene rings is 2. The predicted molar refractivity (Wildman–Crippen MR) is 114 cm³/mol. The van der Waals surface area contributed by atoms with E-state index in [1.807, 2.05) is 6.07 Å². The van der Waals surface area contributed by atoms with E-state index in [0.29, 0.717) is 11.5 Å². The Morgan fingerprint density at radius 1 is 1.29 bits per heavy atom. The van der Waals surface area contributed by atoms with Gasteiger partial charge in [-0.2, -0.15) is 5.10 Å². The van der Waals surface area contributed by atoms with Crippen LogP contribution < -0.4 is 10.3 Å². The van der Waals surface area contributed by atoms with E-state index >= 15 is 0 Å². The Morgan fingerprint density at radius 2 is 2.00 bits per heavy atom. The first-order chi connectivity index (χ1) is 13.3. The van der Waals surface area contributed by atoms with Crippen LogP contribution in [0.5, 0.6) is 5.75 Å². The molecule has 1 aliphatic rings. The summed E-state index contributed by atoms with van der Waals surface area (Å²) in [5.74, 6) is 0.292. The number of phenolic OH excluding ortho intramolecular Hbond substituents is 1. The van der Waals surface area contributed by atoms with Crippen molar-refractivity contribution in [3.8, 4) is 5.75 Å². The molecule has 1 aliphatic heterocycles. The first-order valence-electron chi connectivity index (χ1n) is 9.86. The van der Waals surface area contributed by atoms with Crippen molar-refractivity contribution in [2.24, 2.45) is 5.10 Å². The van der Waals surface area contributed by atoms with E-state index in [1.54, 1.807) is 18.3 Å². The fourth-order valence-electron chi connectivity index (χ4n) is 4.08. The lowest BCUT2D eigenvalue weighted by atomic mass is 9.79. The normalized spacial score (nSPS) is 18.1. The smallest absolute Gasteiger partial charge is 0.271 e. The second-order valence-electron chi connectivity index (χ2n) is 8.13. The molecule has 0 fully saturated rings. The lowest BCUT2D eigenvalue weighted by molar-refractivity contribution is 0.0955. The molecule has 0 saturated heterocycles. The molecule has 5 heteroatoms. The van der Waals surface area contributed by atoms with Crippen LogP contribution in [0.4, 0.5) is 5.69 Å². The molecule has 1 heterocycles. The summed E-state index contributed by atoms with van der Waals surface area (Å²) in [6, 6.07) is 12.5. The summed E-state index contributed by atoms with van der Waals surface area (Å²) >= 11 is 0. The van der Waals surface area contributed by atoms with Crippen molar-refractivity contribution in [1.29, 1.82) is 0 Å². The number of fused-ring (bicyclic) bond motifs is 1. The van der Waals surface area contributed by atoms with E-state index in [9.17, 15) is 9.90 Å². The first-order valence-corrected chi connectivity index (χ1v) is 9.86. The van der Waals surface area contributed by atoms with Gasteiger partial charge in [0.2, 0.25) is 0 Å². The number of hydrogen-bond acceptors (Lipinski definition) is 4. The van der Waals surface area contributed by atoms with Crippen LogP contribution in [0.1, 0.15) is 67.9 Å². The van der Waals surface area contributed by atoms with Crippen LogP contribution in [0, 0.1) is 0 Å². The lowest BCUT2D eigenvalue weighted by Gasteiger charge is -2.47. The lowest BCUT2D eigenvalue weighted by Crippen LogP contribution is -2.48. The van der Waals surface area contributed by atoms with Crippen molar-refractivity contribution < 1.29 is 9.90 Å². The van der Waals surface area contributed by atoms with Gasteiger partial charge < -0.3 is 10.0 Å². The molecule has 148 valence electrons. The number of carbonyl (C=O) groups excluding carboxylic acids is 1. The zero-order valence-corrected chi connectivity index (χ0v) is 17.1. The fourth-order valence-corrected chi connectivity index (χ4v) is 4.08. The van der Waals surface area contributed by atoms with Gasteiger partial charge >= 0.3 is 0 Å². The number of rotatable bonds is 5. The van der Waals surface area contributed by atoms with Gasteiger partial charge in [-0.1, -0.05) is 19.9 Å². The largest absolute Gasteiger partial charge is 0.508 e. The SMILES string of the molecule is CCCN1c2ccc(/C=N\NC(=O)c3ccc(O)cc3)cc2C(C)CC1(C)C. The highest BCUT2D eigenvalue weighted by molar-refractivity contribution is 5.95. The van der Waals surface area contributed by atoms with Crippen LogP contribution in [0.2, 0.25) is 0 Å². The Morgan fingerprint density at radius 3 is 2.68 bits per heavy atom. The molecule has 2 N–H and O–H groups in total. The zero-order valence-electron chi connectivity index (χ0n) is 17.1. The maximum Gasteiger partial charge on any atom is 0.271 e. The molecule has 0 spiro atoms. The highest BCUT2D eigenvalue weighted by Gasteiger charge is 2.35. The molecule has 5 nitrogen and oxygen atoms in total. The Balaban J connectivity index is 1.76. The minimum absolute atomic E-state index is 0.128. The average Bonchev–Trinajstić information content (AvgIpc) is 2.65. The summed E-state index contributed by atoms with van der Waals surface area (Å²) < 4.78 is 0. The van der Waals surface area contributed by atoms with Gasteiger partial charge in [0.25, 0.3) is 5.91 Å². The molecule has 3 rings (SSSR count). The monoisotopic (exact) mass is 379 g/mol. The van der Waals surface area contributed by atoms with Crippen molar-refractivity contribution in [3.63, 3.8) is 0 Å². The van der Waals surface area contributed by atoms with Gasteiger partial charge in [-0.15, -0.1) is 0 Å². The number of hydrogen-bond donors (Lipinski definition) is 2. The quantitative estimate of drug-likeness (QED) is 0.587. The third-order valence-corrected chi connectivity index (χ3v) is 5.37. The number of nitrogens with zero attached hydrogens (tertiary/aromatic N) is 2. The summed E-state index contributed by atoms with van der Waals surface area (Å²) in [7, 11) is 0. The van der Waals surface area contributed by atoms with Crippen molar-refractivity contribution in [3.05, 3.63) is 59.2 Å². The van der Waals surface area contributed by atoms with Crippen LogP contribution in [0.25, 0.3) is 0 Å².